The number of nitrogens with one attached hydrogen (secondary N) is 1. The zero-order chi connectivity index (χ0) is 4.99. The monoisotopic (exact) mass is 324 g/mol. The summed E-state index contributed by atoms with van der Waals surface area (Å²) < 4.78 is 0. The molecule has 0 fully saturated rings. The molecule has 0 aliphatic carbocycles. The van der Waals surface area contributed by atoms with E-state index >= 15 is 0 Å². The molecule has 0 saturated heterocycles. The second-order valence-corrected chi connectivity index (χ2v) is 1.41. The van der Waals surface area contributed by atoms with E-state index < -0.39 is 0 Å². The average molecular weight is 324 g/mol. The Bertz CT molecular complexity index is 27.3. The minimum atomic E-state index is 0. The van der Waals surface area contributed by atoms with Crippen LogP contribution >= 0.6 is 0 Å². The van der Waals surface area contributed by atoms with Crippen molar-refractivity contribution in [2.24, 2.45) is 0 Å². The maximum Gasteiger partial charge on any atom is 0 e. The minimum Gasteiger partial charge on any atom is -0.346 e. The van der Waals surface area contributed by atoms with Gasteiger partial charge in [-0.1, -0.05) is 6.92 Å². The third-order valence-electron chi connectivity index (χ3n) is 0.955. The van der Waals surface area contributed by atoms with E-state index in [1.807, 2.05) is 14.0 Å². The standard InChI is InChI=1S/C5H12N.U/c1-4-5(2)6-3;/h4-6H,1-3H3;/q-1;. The van der Waals surface area contributed by atoms with Gasteiger partial charge in [0.05, 0.1) is 0 Å². The quantitative estimate of drug-likeness (QED) is 0.742. The van der Waals surface area contributed by atoms with E-state index in [1.54, 1.807) is 0 Å². The summed E-state index contributed by atoms with van der Waals surface area (Å²) in [6.07, 6.45) is 2.11. The Balaban J connectivity index is 0. The van der Waals surface area contributed by atoms with Crippen molar-refractivity contribution in [3.8, 4) is 0 Å². The van der Waals surface area contributed by atoms with E-state index in [9.17, 15) is 0 Å². The summed E-state index contributed by atoms with van der Waals surface area (Å²) in [4.78, 5) is 0. The molecule has 0 rings (SSSR count). The van der Waals surface area contributed by atoms with Crippen LogP contribution in [0.3, 0.4) is 0 Å². The maximum atomic E-state index is 3.06. The largest absolute Gasteiger partial charge is 0.346 e. The molecule has 1 nitrogen and oxygen atoms in total. The molecule has 1 N–H and O–H groups in total. The van der Waals surface area contributed by atoms with Crippen LogP contribution in [-0.2, 0) is 0 Å². The predicted octanol–water partition coefficient (Wildman–Crippen LogP) is 0.818. The van der Waals surface area contributed by atoms with Crippen LogP contribution in [0.5, 0.6) is 0 Å². The Morgan fingerprint density at radius 1 is 1.57 bits per heavy atom. The van der Waals surface area contributed by atoms with Crippen molar-refractivity contribution in [3.05, 3.63) is 6.42 Å². The van der Waals surface area contributed by atoms with E-state index in [1.165, 1.54) is 0 Å². The molecule has 0 aromatic rings. The topological polar surface area (TPSA) is 12.0 Å². The summed E-state index contributed by atoms with van der Waals surface area (Å²) in [6.45, 7) is 4.15. The summed E-state index contributed by atoms with van der Waals surface area (Å²) in [5.41, 5.74) is 0. The number of rotatable bonds is 2. The van der Waals surface area contributed by atoms with Crippen molar-refractivity contribution in [2.75, 3.05) is 7.05 Å². The second-order valence-electron chi connectivity index (χ2n) is 1.41. The van der Waals surface area contributed by atoms with Crippen LogP contribution in [-0.4, -0.2) is 13.1 Å². The first-order valence-electron chi connectivity index (χ1n) is 2.28. The Morgan fingerprint density at radius 3 is 2.00 bits per heavy atom. The van der Waals surface area contributed by atoms with Crippen molar-refractivity contribution in [2.45, 2.75) is 19.9 Å². The molecule has 2 heteroatoms. The van der Waals surface area contributed by atoms with Crippen LogP contribution < -0.4 is 5.32 Å². The van der Waals surface area contributed by atoms with Crippen molar-refractivity contribution in [1.82, 2.24) is 5.32 Å². The van der Waals surface area contributed by atoms with Crippen LogP contribution in [0.4, 0.5) is 0 Å². The Morgan fingerprint density at radius 2 is 2.00 bits per heavy atom. The maximum absolute atomic E-state index is 3.06. The molecule has 0 spiro atoms. The number of hydrogen-bond donors (Lipinski definition) is 1. The molecule has 1 atom stereocenters. The third kappa shape index (κ3) is 7.01. The van der Waals surface area contributed by atoms with E-state index in [0.717, 1.165) is 0 Å². The van der Waals surface area contributed by atoms with Crippen LogP contribution in [0, 0.1) is 37.5 Å². The fourth-order valence-corrected chi connectivity index (χ4v) is 0.167. The van der Waals surface area contributed by atoms with Gasteiger partial charge in [-0.2, -0.15) is 6.92 Å². The summed E-state index contributed by atoms with van der Waals surface area (Å²) in [5, 5.41) is 3.06. The molecule has 0 aromatic carbocycles. The minimum absolute atomic E-state index is 0. The smallest absolute Gasteiger partial charge is 0 e. The predicted molar refractivity (Wildman–Crippen MR) is 28.5 cm³/mol. The van der Waals surface area contributed by atoms with Gasteiger partial charge in [0.15, 0.2) is 0 Å². The van der Waals surface area contributed by atoms with Crippen LogP contribution in [0.15, 0.2) is 0 Å². The normalized spacial score (nSPS) is 12.4. The van der Waals surface area contributed by atoms with Gasteiger partial charge in [0.1, 0.15) is 0 Å². The first kappa shape index (κ1) is 10.9. The van der Waals surface area contributed by atoms with Gasteiger partial charge in [0, 0.05) is 31.1 Å². The van der Waals surface area contributed by atoms with Crippen molar-refractivity contribution in [1.29, 1.82) is 0 Å². The fourth-order valence-electron chi connectivity index (χ4n) is 0.167. The average Bonchev–Trinajstić information content (AvgIpc) is 1.65. The zero-order valence-corrected chi connectivity index (χ0v) is 9.32. The van der Waals surface area contributed by atoms with Crippen LogP contribution in [0.25, 0.3) is 0 Å². The molecule has 0 amide bonds. The molecular formula is C5H12NU-. The van der Waals surface area contributed by atoms with Gasteiger partial charge < -0.3 is 11.7 Å². The summed E-state index contributed by atoms with van der Waals surface area (Å²) in [6, 6.07) is 0.560. The Kier molecular flexibility index (Phi) is 10.9. The molecule has 0 aliphatic heterocycles. The first-order valence-corrected chi connectivity index (χ1v) is 2.28. The zero-order valence-electron chi connectivity index (χ0n) is 5.15. The van der Waals surface area contributed by atoms with Crippen LogP contribution in [0.1, 0.15) is 13.8 Å². The van der Waals surface area contributed by atoms with E-state index in [-0.39, 0.29) is 31.1 Å². The van der Waals surface area contributed by atoms with Gasteiger partial charge in [0.2, 0.25) is 0 Å². The van der Waals surface area contributed by atoms with Crippen LogP contribution in [0.2, 0.25) is 0 Å². The van der Waals surface area contributed by atoms with Crippen molar-refractivity contribution < 1.29 is 31.1 Å². The summed E-state index contributed by atoms with van der Waals surface area (Å²) in [5.74, 6) is 0. The molecule has 42 valence electrons. The van der Waals surface area contributed by atoms with Gasteiger partial charge in [-0.3, -0.25) is 0 Å². The molecule has 0 bridgehead atoms. The van der Waals surface area contributed by atoms with Gasteiger partial charge in [0.25, 0.3) is 0 Å². The molecule has 0 heterocycles. The van der Waals surface area contributed by atoms with Gasteiger partial charge in [-0.05, 0) is 7.05 Å². The SMILES string of the molecule is C[CH-]C(C)NC.[U]. The summed E-state index contributed by atoms with van der Waals surface area (Å²) >= 11 is 0. The molecule has 1 unspecified atom stereocenters. The molecule has 7 heavy (non-hydrogen) atoms. The molecule has 0 radical (unpaired) electrons. The summed E-state index contributed by atoms with van der Waals surface area (Å²) in [7, 11) is 1.95. The third-order valence-corrected chi connectivity index (χ3v) is 0.955. The van der Waals surface area contributed by atoms with Crippen molar-refractivity contribution in [3.63, 3.8) is 0 Å². The van der Waals surface area contributed by atoms with E-state index in [4.69, 9.17) is 0 Å². The molecular weight excluding hydrogens is 312 g/mol. The molecule has 0 aromatic heterocycles. The van der Waals surface area contributed by atoms with E-state index in [0.29, 0.717) is 6.04 Å². The Hall–Kier alpha value is 1.01. The van der Waals surface area contributed by atoms with Crippen molar-refractivity contribution >= 4 is 0 Å². The van der Waals surface area contributed by atoms with E-state index in [2.05, 4.69) is 18.7 Å². The second kappa shape index (κ2) is 7.01. The number of hydrogen-bond acceptors (Lipinski definition) is 1. The molecule has 0 saturated carbocycles. The Labute approximate surface area is 69.6 Å². The van der Waals surface area contributed by atoms with Gasteiger partial charge >= 0.3 is 0 Å². The fraction of sp³-hybridized carbons (Fsp3) is 0.800. The van der Waals surface area contributed by atoms with Gasteiger partial charge in [-0.25, -0.2) is 0 Å². The molecule has 0 aliphatic rings. The van der Waals surface area contributed by atoms with Gasteiger partial charge in [-0.15, -0.1) is 6.04 Å². The first-order chi connectivity index (χ1) is 2.81.